The maximum atomic E-state index is 13.2. The van der Waals surface area contributed by atoms with Crippen molar-refractivity contribution in [1.82, 2.24) is 4.90 Å². The molecule has 0 unspecified atom stereocenters. The fourth-order valence-electron chi connectivity index (χ4n) is 3.29. The number of nitrogens with one attached hydrogen (secondary N) is 1. The third kappa shape index (κ3) is 4.05. The van der Waals surface area contributed by atoms with Crippen molar-refractivity contribution < 1.29 is 28.5 Å². The van der Waals surface area contributed by atoms with Gasteiger partial charge in [0.15, 0.2) is 11.5 Å². The number of hydrogen-bond donors (Lipinski definition) is 1. The van der Waals surface area contributed by atoms with Crippen LogP contribution >= 0.6 is 0 Å². The van der Waals surface area contributed by atoms with Gasteiger partial charge in [0.25, 0.3) is 11.8 Å². The number of rotatable bonds is 9. The molecule has 0 saturated heterocycles. The molecule has 1 heterocycles. The van der Waals surface area contributed by atoms with Crippen LogP contribution in [0, 0.1) is 0 Å². The lowest BCUT2D eigenvalue weighted by molar-refractivity contribution is -0.136. The van der Waals surface area contributed by atoms with Gasteiger partial charge in [-0.3, -0.25) is 14.5 Å². The zero-order valence-electron chi connectivity index (χ0n) is 17.9. The number of carbonyl (C=O) groups excluding carboxylic acids is 2. The van der Waals surface area contributed by atoms with Crippen LogP contribution in [-0.4, -0.2) is 51.7 Å². The Morgan fingerprint density at radius 1 is 0.871 bits per heavy atom. The highest BCUT2D eigenvalue weighted by molar-refractivity contribution is 6.36. The zero-order chi connectivity index (χ0) is 22.5. The van der Waals surface area contributed by atoms with Gasteiger partial charge in [0, 0.05) is 12.6 Å². The van der Waals surface area contributed by atoms with E-state index in [1.54, 1.807) is 36.4 Å². The second-order valence-corrected chi connectivity index (χ2v) is 6.52. The van der Waals surface area contributed by atoms with Crippen molar-refractivity contribution in [1.29, 1.82) is 0 Å². The topological polar surface area (TPSA) is 86.3 Å². The number of methoxy groups -OCH3 is 4. The van der Waals surface area contributed by atoms with E-state index < -0.39 is 11.8 Å². The summed E-state index contributed by atoms with van der Waals surface area (Å²) in [5.74, 6) is 1.09. The minimum Gasteiger partial charge on any atom is -0.497 e. The van der Waals surface area contributed by atoms with E-state index in [0.717, 1.165) is 4.90 Å². The molecule has 2 amide bonds. The lowest BCUT2D eigenvalue weighted by Crippen LogP contribution is -2.32. The minimum absolute atomic E-state index is 0.0783. The molecular formula is C23H24N2O6. The van der Waals surface area contributed by atoms with Gasteiger partial charge in [-0.1, -0.05) is 12.1 Å². The molecule has 8 heteroatoms. The summed E-state index contributed by atoms with van der Waals surface area (Å²) < 4.78 is 21.3. The van der Waals surface area contributed by atoms with E-state index >= 15 is 0 Å². The molecule has 2 aromatic rings. The van der Waals surface area contributed by atoms with Crippen molar-refractivity contribution in [3.05, 3.63) is 60.3 Å². The Bertz CT molecular complexity index is 1060. The third-order valence-electron chi connectivity index (χ3n) is 4.82. The van der Waals surface area contributed by atoms with Crippen molar-refractivity contribution in [2.45, 2.75) is 0 Å². The molecule has 0 saturated carbocycles. The van der Waals surface area contributed by atoms with Gasteiger partial charge in [-0.2, -0.15) is 0 Å². The van der Waals surface area contributed by atoms with Crippen LogP contribution in [0.2, 0.25) is 0 Å². The molecule has 0 fully saturated rings. The number of hydrogen-bond acceptors (Lipinski definition) is 7. The smallest absolute Gasteiger partial charge is 0.278 e. The van der Waals surface area contributed by atoms with E-state index in [0.29, 0.717) is 34.2 Å². The molecule has 1 N–H and O–H groups in total. The van der Waals surface area contributed by atoms with Gasteiger partial charge in [0.2, 0.25) is 0 Å². The first-order valence-electron chi connectivity index (χ1n) is 9.41. The van der Waals surface area contributed by atoms with Gasteiger partial charge in [-0.15, -0.1) is 6.58 Å². The van der Waals surface area contributed by atoms with Crippen molar-refractivity contribution in [2.24, 2.45) is 0 Å². The van der Waals surface area contributed by atoms with Crippen molar-refractivity contribution in [3.63, 3.8) is 0 Å². The Kier molecular flexibility index (Phi) is 6.49. The van der Waals surface area contributed by atoms with Gasteiger partial charge in [-0.25, -0.2) is 0 Å². The van der Waals surface area contributed by atoms with Crippen molar-refractivity contribution >= 4 is 23.1 Å². The maximum Gasteiger partial charge on any atom is 0.278 e. The minimum atomic E-state index is -0.473. The summed E-state index contributed by atoms with van der Waals surface area (Å²) in [7, 11) is 6.08. The summed E-state index contributed by atoms with van der Waals surface area (Å²) in [5, 5.41) is 3.07. The summed E-state index contributed by atoms with van der Waals surface area (Å²) in [6, 6.07) is 10.2. The number of nitrogens with zero attached hydrogens (tertiary/aromatic N) is 1. The zero-order valence-corrected chi connectivity index (χ0v) is 17.9. The Balaban J connectivity index is 2.16. The predicted molar refractivity (Wildman–Crippen MR) is 117 cm³/mol. The highest BCUT2D eigenvalue weighted by atomic mass is 16.5. The second kappa shape index (κ2) is 9.25. The average Bonchev–Trinajstić information content (AvgIpc) is 3.02. The van der Waals surface area contributed by atoms with E-state index in [1.165, 1.54) is 34.5 Å². The Morgan fingerprint density at radius 2 is 1.55 bits per heavy atom. The first-order valence-corrected chi connectivity index (χ1v) is 9.41. The molecule has 3 rings (SSSR count). The maximum absolute atomic E-state index is 13.2. The van der Waals surface area contributed by atoms with E-state index in [1.807, 2.05) is 0 Å². The van der Waals surface area contributed by atoms with Crippen LogP contribution in [-0.2, 0) is 9.59 Å². The highest BCUT2D eigenvalue weighted by Gasteiger charge is 2.39. The molecule has 1 aliphatic rings. The average molecular weight is 424 g/mol. The van der Waals surface area contributed by atoms with Gasteiger partial charge < -0.3 is 24.3 Å². The molecule has 0 atom stereocenters. The second-order valence-electron chi connectivity index (χ2n) is 6.52. The standard InChI is InChI=1S/C23H24N2O6/c1-6-11-25-22(26)20(14-7-9-18(30-4)19(12-14)31-5)21(23(25)27)24-16-13-15(28-2)8-10-17(16)29-3/h6-10,12-13,24H,1,11H2,2-5H3. The molecule has 31 heavy (non-hydrogen) atoms. The van der Waals surface area contributed by atoms with Gasteiger partial charge in [0.1, 0.15) is 17.2 Å². The van der Waals surface area contributed by atoms with E-state index in [2.05, 4.69) is 11.9 Å². The largest absolute Gasteiger partial charge is 0.497 e. The Labute approximate surface area is 180 Å². The van der Waals surface area contributed by atoms with Crippen LogP contribution < -0.4 is 24.3 Å². The summed E-state index contributed by atoms with van der Waals surface area (Å²) in [6.45, 7) is 3.72. The molecule has 2 aromatic carbocycles. The SMILES string of the molecule is C=CCN1C(=O)C(Nc2cc(OC)ccc2OC)=C(c2ccc(OC)c(OC)c2)C1=O. The normalized spacial score (nSPS) is 13.4. The third-order valence-corrected chi connectivity index (χ3v) is 4.82. The summed E-state index contributed by atoms with van der Waals surface area (Å²) >= 11 is 0. The first-order chi connectivity index (χ1) is 15.0. The van der Waals surface area contributed by atoms with Crippen LogP contribution in [0.25, 0.3) is 5.57 Å². The fraction of sp³-hybridized carbons (Fsp3) is 0.217. The molecule has 0 spiro atoms. The van der Waals surface area contributed by atoms with E-state index in [9.17, 15) is 9.59 Å². The van der Waals surface area contributed by atoms with Crippen LogP contribution in [0.15, 0.2) is 54.8 Å². The van der Waals surface area contributed by atoms with Crippen LogP contribution in [0.5, 0.6) is 23.0 Å². The summed E-state index contributed by atoms with van der Waals surface area (Å²) in [5.41, 5.74) is 1.31. The molecule has 1 aliphatic heterocycles. The number of imide groups is 1. The number of benzene rings is 2. The highest BCUT2D eigenvalue weighted by Crippen LogP contribution is 2.37. The summed E-state index contributed by atoms with van der Waals surface area (Å²) in [4.78, 5) is 27.4. The lowest BCUT2D eigenvalue weighted by Gasteiger charge is -2.15. The molecule has 0 radical (unpaired) electrons. The van der Waals surface area contributed by atoms with Crippen LogP contribution in [0.3, 0.4) is 0 Å². The Hall–Kier alpha value is -3.94. The predicted octanol–water partition coefficient (Wildman–Crippen LogP) is 3.10. The monoisotopic (exact) mass is 424 g/mol. The fourth-order valence-corrected chi connectivity index (χ4v) is 3.29. The molecule has 8 nitrogen and oxygen atoms in total. The van der Waals surface area contributed by atoms with E-state index in [-0.39, 0.29) is 17.8 Å². The first kappa shape index (κ1) is 21.8. The Morgan fingerprint density at radius 3 is 2.16 bits per heavy atom. The van der Waals surface area contributed by atoms with Gasteiger partial charge in [0.05, 0.1) is 39.7 Å². The van der Waals surface area contributed by atoms with Crippen molar-refractivity contribution in [3.8, 4) is 23.0 Å². The quantitative estimate of drug-likeness (QED) is 0.489. The lowest BCUT2D eigenvalue weighted by atomic mass is 10.0. The van der Waals surface area contributed by atoms with E-state index in [4.69, 9.17) is 18.9 Å². The molecule has 0 aromatic heterocycles. The molecule has 162 valence electrons. The van der Waals surface area contributed by atoms with Gasteiger partial charge >= 0.3 is 0 Å². The number of carbonyl (C=O) groups is 2. The van der Waals surface area contributed by atoms with Crippen LogP contribution in [0.4, 0.5) is 5.69 Å². The molecule has 0 aliphatic carbocycles. The molecular weight excluding hydrogens is 400 g/mol. The summed E-state index contributed by atoms with van der Waals surface area (Å²) in [6.07, 6.45) is 1.50. The number of anilines is 1. The van der Waals surface area contributed by atoms with Crippen LogP contribution in [0.1, 0.15) is 5.56 Å². The van der Waals surface area contributed by atoms with Gasteiger partial charge in [-0.05, 0) is 29.8 Å². The van der Waals surface area contributed by atoms with Crippen molar-refractivity contribution in [2.75, 3.05) is 40.3 Å². The number of ether oxygens (including phenoxy) is 4. The molecule has 0 bridgehead atoms. The number of amides is 2.